The predicted octanol–water partition coefficient (Wildman–Crippen LogP) is 3.58. The van der Waals surface area contributed by atoms with Crippen LogP contribution >= 0.6 is 22.6 Å². The molecule has 0 fully saturated rings. The standard InChI is InChI=1S/C17H22IN3O2/c1-11-7-12(2)9-13(8-11)15(16(20)22)23-21-14(5-6-19)17(3,4)10-18/h7-9,15H,5,10H2,1-4H3,(H2,20,22)/b21-14+. The van der Waals surface area contributed by atoms with E-state index in [1.165, 1.54) is 0 Å². The van der Waals surface area contributed by atoms with E-state index < -0.39 is 12.0 Å². The van der Waals surface area contributed by atoms with Crippen LogP contribution in [0.15, 0.2) is 23.4 Å². The second kappa shape index (κ2) is 8.29. The van der Waals surface area contributed by atoms with Gasteiger partial charge >= 0.3 is 0 Å². The summed E-state index contributed by atoms with van der Waals surface area (Å²) in [5.74, 6) is -0.609. The average Bonchev–Trinajstić information content (AvgIpc) is 2.45. The van der Waals surface area contributed by atoms with Crippen molar-refractivity contribution in [3.8, 4) is 6.07 Å². The van der Waals surface area contributed by atoms with E-state index in [4.69, 9.17) is 15.8 Å². The first-order valence-electron chi connectivity index (χ1n) is 7.25. The Kier molecular flexibility index (Phi) is 7.01. The summed E-state index contributed by atoms with van der Waals surface area (Å²) in [5, 5.41) is 13.1. The van der Waals surface area contributed by atoms with E-state index in [9.17, 15) is 4.79 Å². The fourth-order valence-corrected chi connectivity index (χ4v) is 2.54. The van der Waals surface area contributed by atoms with Gasteiger partial charge in [-0.05, 0) is 13.8 Å². The normalized spacial score (nSPS) is 13.3. The number of nitrogens with two attached hydrogens (primary N) is 1. The van der Waals surface area contributed by atoms with E-state index >= 15 is 0 Å². The minimum Gasteiger partial charge on any atom is -0.378 e. The van der Waals surface area contributed by atoms with Crippen LogP contribution in [0.5, 0.6) is 0 Å². The SMILES string of the molecule is Cc1cc(C)cc(C(O/N=C(\CC#N)C(C)(C)CI)C(N)=O)c1. The first-order valence-corrected chi connectivity index (χ1v) is 8.77. The first-order chi connectivity index (χ1) is 10.7. The molecule has 0 saturated heterocycles. The smallest absolute Gasteiger partial charge is 0.266 e. The van der Waals surface area contributed by atoms with Gasteiger partial charge in [-0.25, -0.2) is 0 Å². The first kappa shape index (κ1) is 19.4. The lowest BCUT2D eigenvalue weighted by atomic mass is 9.88. The molecular formula is C17H22IN3O2. The Morgan fingerprint density at radius 3 is 2.39 bits per heavy atom. The number of amides is 1. The van der Waals surface area contributed by atoms with Gasteiger partial charge in [0.1, 0.15) is 0 Å². The van der Waals surface area contributed by atoms with Gasteiger partial charge in [0, 0.05) is 15.4 Å². The van der Waals surface area contributed by atoms with Crippen molar-refractivity contribution in [1.82, 2.24) is 0 Å². The molecule has 0 heterocycles. The highest BCUT2D eigenvalue weighted by Gasteiger charge is 2.26. The van der Waals surface area contributed by atoms with E-state index in [1.54, 1.807) is 0 Å². The molecule has 0 saturated carbocycles. The minimum atomic E-state index is -0.965. The van der Waals surface area contributed by atoms with Gasteiger partial charge in [-0.2, -0.15) is 5.26 Å². The quantitative estimate of drug-likeness (QED) is 0.312. The van der Waals surface area contributed by atoms with Crippen LogP contribution in [0.25, 0.3) is 0 Å². The summed E-state index contributed by atoms with van der Waals surface area (Å²) >= 11 is 2.24. The molecule has 1 aromatic carbocycles. The van der Waals surface area contributed by atoms with Gasteiger partial charge in [-0.3, -0.25) is 4.79 Å². The van der Waals surface area contributed by atoms with Crippen molar-refractivity contribution in [1.29, 1.82) is 5.26 Å². The second-order valence-corrected chi connectivity index (χ2v) is 6.96. The zero-order valence-corrected chi connectivity index (χ0v) is 16.0. The van der Waals surface area contributed by atoms with Crippen molar-refractivity contribution in [2.45, 2.75) is 40.2 Å². The summed E-state index contributed by atoms with van der Waals surface area (Å²) < 4.78 is 0.777. The van der Waals surface area contributed by atoms with Crippen molar-refractivity contribution in [3.63, 3.8) is 0 Å². The Morgan fingerprint density at radius 2 is 1.96 bits per heavy atom. The molecule has 1 unspecified atom stereocenters. The van der Waals surface area contributed by atoms with Crippen LogP contribution in [0.3, 0.4) is 0 Å². The number of carbonyl (C=O) groups excluding carboxylic acids is 1. The molecule has 0 radical (unpaired) electrons. The molecule has 6 heteroatoms. The van der Waals surface area contributed by atoms with Gasteiger partial charge in [-0.1, -0.05) is 70.9 Å². The Balaban J connectivity index is 3.15. The highest BCUT2D eigenvalue weighted by molar-refractivity contribution is 14.1. The third-order valence-corrected chi connectivity index (χ3v) is 5.34. The van der Waals surface area contributed by atoms with Gasteiger partial charge in [0.05, 0.1) is 18.2 Å². The predicted molar refractivity (Wildman–Crippen MR) is 99.3 cm³/mol. The molecule has 0 aliphatic rings. The summed E-state index contributed by atoms with van der Waals surface area (Å²) in [6, 6.07) is 7.80. The third-order valence-electron chi connectivity index (χ3n) is 3.44. The molecule has 0 aliphatic carbocycles. The molecule has 1 atom stereocenters. The Hall–Kier alpha value is -1.62. The number of primary amides is 1. The average molecular weight is 427 g/mol. The number of aryl methyl sites for hydroxylation is 2. The number of benzene rings is 1. The van der Waals surface area contributed by atoms with Gasteiger partial charge in [0.15, 0.2) is 0 Å². The number of rotatable bonds is 7. The minimum absolute atomic E-state index is 0.147. The number of halogens is 1. The molecule has 2 N–H and O–H groups in total. The van der Waals surface area contributed by atoms with Gasteiger partial charge in [0.2, 0.25) is 6.10 Å². The lowest BCUT2D eigenvalue weighted by molar-refractivity contribution is -0.129. The number of alkyl halides is 1. The summed E-state index contributed by atoms with van der Waals surface area (Å²) in [7, 11) is 0. The van der Waals surface area contributed by atoms with E-state index in [2.05, 4.69) is 33.8 Å². The molecule has 0 bridgehead atoms. The maximum Gasteiger partial charge on any atom is 0.266 e. The van der Waals surface area contributed by atoms with E-state index in [-0.39, 0.29) is 11.8 Å². The lowest BCUT2D eigenvalue weighted by Crippen LogP contribution is -2.28. The molecule has 5 nitrogen and oxygen atoms in total. The van der Waals surface area contributed by atoms with Crippen LogP contribution in [0.1, 0.15) is 43.1 Å². The Labute approximate surface area is 151 Å². The lowest BCUT2D eigenvalue weighted by Gasteiger charge is -2.23. The summed E-state index contributed by atoms with van der Waals surface area (Å²) in [6.07, 6.45) is -0.818. The topological polar surface area (TPSA) is 88.5 Å². The van der Waals surface area contributed by atoms with Crippen LogP contribution in [-0.2, 0) is 9.63 Å². The molecule has 1 amide bonds. The molecule has 1 aromatic rings. The van der Waals surface area contributed by atoms with Crippen LogP contribution in [0.4, 0.5) is 0 Å². The molecular weight excluding hydrogens is 405 g/mol. The van der Waals surface area contributed by atoms with Crippen molar-refractivity contribution >= 4 is 34.2 Å². The number of nitrogens with zero attached hydrogens (tertiary/aromatic N) is 2. The van der Waals surface area contributed by atoms with Crippen molar-refractivity contribution in [2.75, 3.05) is 4.43 Å². The largest absolute Gasteiger partial charge is 0.378 e. The number of hydrogen-bond donors (Lipinski definition) is 1. The Morgan fingerprint density at radius 1 is 1.39 bits per heavy atom. The summed E-state index contributed by atoms with van der Waals surface area (Å²) in [5.41, 5.74) is 8.49. The maximum atomic E-state index is 11.8. The second-order valence-electron chi connectivity index (χ2n) is 6.20. The number of oxime groups is 1. The van der Waals surface area contributed by atoms with Crippen LogP contribution in [0, 0.1) is 30.6 Å². The zero-order chi connectivity index (χ0) is 17.6. The highest BCUT2D eigenvalue weighted by atomic mass is 127. The fraction of sp³-hybridized carbons (Fsp3) is 0.471. The van der Waals surface area contributed by atoms with E-state index in [0.717, 1.165) is 15.6 Å². The van der Waals surface area contributed by atoms with Crippen LogP contribution in [-0.4, -0.2) is 16.0 Å². The van der Waals surface area contributed by atoms with Crippen LogP contribution in [0.2, 0.25) is 0 Å². The number of carbonyl (C=O) groups is 1. The summed E-state index contributed by atoms with van der Waals surface area (Å²) in [6.45, 7) is 7.85. The monoisotopic (exact) mass is 427 g/mol. The van der Waals surface area contributed by atoms with Gasteiger partial charge in [-0.15, -0.1) is 0 Å². The zero-order valence-electron chi connectivity index (χ0n) is 13.9. The molecule has 0 aromatic heterocycles. The molecule has 23 heavy (non-hydrogen) atoms. The van der Waals surface area contributed by atoms with Crippen molar-refractivity contribution < 1.29 is 9.63 Å². The fourth-order valence-electron chi connectivity index (χ4n) is 2.10. The van der Waals surface area contributed by atoms with Gasteiger partial charge < -0.3 is 10.6 Å². The third kappa shape index (κ3) is 5.50. The van der Waals surface area contributed by atoms with E-state index in [0.29, 0.717) is 11.3 Å². The van der Waals surface area contributed by atoms with Crippen molar-refractivity contribution in [2.24, 2.45) is 16.3 Å². The number of hydrogen-bond acceptors (Lipinski definition) is 4. The van der Waals surface area contributed by atoms with E-state index in [1.807, 2.05) is 45.9 Å². The molecule has 0 aliphatic heterocycles. The van der Waals surface area contributed by atoms with Crippen molar-refractivity contribution in [3.05, 3.63) is 34.9 Å². The molecule has 1 rings (SSSR count). The molecule has 0 spiro atoms. The van der Waals surface area contributed by atoms with Gasteiger partial charge in [0.25, 0.3) is 5.91 Å². The Bertz CT molecular complexity index is 627. The highest BCUT2D eigenvalue weighted by Crippen LogP contribution is 2.25. The maximum absolute atomic E-state index is 11.8. The summed E-state index contributed by atoms with van der Waals surface area (Å²) in [4.78, 5) is 17.2. The van der Waals surface area contributed by atoms with Crippen LogP contribution < -0.4 is 5.73 Å². The molecule has 124 valence electrons. The number of nitriles is 1.